The number of nitrogens with zero attached hydrogens (tertiary/aromatic N) is 2. The van der Waals surface area contributed by atoms with Crippen LogP contribution < -0.4 is 17.2 Å². The number of nitrogens with two attached hydrogens (primary N) is 3. The fourth-order valence-corrected chi connectivity index (χ4v) is 2.63. The summed E-state index contributed by atoms with van der Waals surface area (Å²) in [6, 6.07) is 6.69. The highest BCUT2D eigenvalue weighted by atomic mass is 32.2. The molecule has 21 heavy (non-hydrogen) atoms. The quantitative estimate of drug-likeness (QED) is 0.333. The molecule has 0 saturated carbocycles. The van der Waals surface area contributed by atoms with Gasteiger partial charge in [0.15, 0.2) is 5.16 Å². The predicted octanol–water partition coefficient (Wildman–Crippen LogP) is 1.30. The second-order valence-electron chi connectivity index (χ2n) is 4.16. The third-order valence-corrected chi connectivity index (χ3v) is 3.57. The van der Waals surface area contributed by atoms with Crippen LogP contribution in [-0.4, -0.2) is 23.0 Å². The lowest BCUT2D eigenvalue weighted by Gasteiger charge is -2.10. The Balaban J connectivity index is 2.24. The van der Waals surface area contributed by atoms with E-state index in [2.05, 4.69) is 9.97 Å². The monoisotopic (exact) mass is 305 g/mol. The van der Waals surface area contributed by atoms with Crippen LogP contribution in [0.3, 0.4) is 0 Å². The number of thioether (sulfide) groups is 1. The van der Waals surface area contributed by atoms with Gasteiger partial charge in [-0.15, -0.1) is 0 Å². The van der Waals surface area contributed by atoms with Gasteiger partial charge in [-0.2, -0.15) is 0 Å². The zero-order valence-corrected chi connectivity index (χ0v) is 12.2. The van der Waals surface area contributed by atoms with Crippen molar-refractivity contribution in [3.63, 3.8) is 0 Å². The first-order chi connectivity index (χ1) is 10.0. The van der Waals surface area contributed by atoms with E-state index >= 15 is 0 Å². The van der Waals surface area contributed by atoms with Crippen LogP contribution in [0.5, 0.6) is 0 Å². The van der Waals surface area contributed by atoms with E-state index in [1.54, 1.807) is 18.2 Å². The number of nitrogen functional groups attached to an aromatic ring is 3. The third kappa shape index (κ3) is 3.54. The van der Waals surface area contributed by atoms with E-state index in [-0.39, 0.29) is 0 Å². The molecule has 0 bridgehead atoms. The van der Waals surface area contributed by atoms with E-state index in [0.29, 0.717) is 33.8 Å². The Labute approximate surface area is 125 Å². The van der Waals surface area contributed by atoms with Gasteiger partial charge < -0.3 is 21.9 Å². The SMILES string of the molecule is COC(=O)c1c(N)cccc1CSc1nc(N)cc(N)n1. The molecule has 2 aromatic rings. The lowest BCUT2D eigenvalue weighted by atomic mass is 10.1. The lowest BCUT2D eigenvalue weighted by Crippen LogP contribution is -2.09. The molecule has 0 spiro atoms. The maximum atomic E-state index is 11.8. The highest BCUT2D eigenvalue weighted by Gasteiger charge is 2.16. The minimum absolute atomic E-state index is 0.297. The van der Waals surface area contributed by atoms with Gasteiger partial charge in [0.2, 0.25) is 0 Å². The van der Waals surface area contributed by atoms with Crippen molar-refractivity contribution in [3.05, 3.63) is 35.4 Å². The first-order valence-corrected chi connectivity index (χ1v) is 6.98. The molecular weight excluding hydrogens is 290 g/mol. The molecule has 1 heterocycles. The second kappa shape index (κ2) is 6.31. The number of hydrogen-bond donors (Lipinski definition) is 3. The first-order valence-electron chi connectivity index (χ1n) is 5.99. The molecule has 0 amide bonds. The molecule has 6 N–H and O–H groups in total. The van der Waals surface area contributed by atoms with E-state index in [0.717, 1.165) is 5.56 Å². The van der Waals surface area contributed by atoms with E-state index in [4.69, 9.17) is 21.9 Å². The number of hydrogen-bond acceptors (Lipinski definition) is 8. The first kappa shape index (κ1) is 14.9. The minimum atomic E-state index is -0.475. The van der Waals surface area contributed by atoms with Crippen molar-refractivity contribution in [2.45, 2.75) is 10.9 Å². The van der Waals surface area contributed by atoms with Crippen LogP contribution in [0.4, 0.5) is 17.3 Å². The van der Waals surface area contributed by atoms with Crippen LogP contribution in [0.1, 0.15) is 15.9 Å². The van der Waals surface area contributed by atoms with Gasteiger partial charge in [0.05, 0.1) is 12.7 Å². The normalized spacial score (nSPS) is 10.3. The average Bonchev–Trinajstić information content (AvgIpc) is 2.43. The maximum Gasteiger partial charge on any atom is 0.340 e. The Morgan fingerprint density at radius 1 is 1.24 bits per heavy atom. The summed E-state index contributed by atoms with van der Waals surface area (Å²) in [5.74, 6) is 0.562. The lowest BCUT2D eigenvalue weighted by molar-refractivity contribution is 0.0601. The zero-order valence-electron chi connectivity index (χ0n) is 11.4. The van der Waals surface area contributed by atoms with Crippen LogP contribution in [0.25, 0.3) is 0 Å². The maximum absolute atomic E-state index is 11.8. The average molecular weight is 305 g/mol. The fourth-order valence-electron chi connectivity index (χ4n) is 1.76. The van der Waals surface area contributed by atoms with Crippen LogP contribution in [0.2, 0.25) is 0 Å². The smallest absolute Gasteiger partial charge is 0.340 e. The van der Waals surface area contributed by atoms with Crippen molar-refractivity contribution in [2.75, 3.05) is 24.3 Å². The van der Waals surface area contributed by atoms with E-state index in [9.17, 15) is 4.79 Å². The molecule has 0 unspecified atom stereocenters. The fraction of sp³-hybridized carbons (Fsp3) is 0.154. The zero-order chi connectivity index (χ0) is 15.4. The molecule has 0 aliphatic rings. The van der Waals surface area contributed by atoms with Crippen LogP contribution in [-0.2, 0) is 10.5 Å². The Kier molecular flexibility index (Phi) is 4.49. The van der Waals surface area contributed by atoms with Gasteiger partial charge in [0, 0.05) is 17.5 Å². The van der Waals surface area contributed by atoms with E-state index in [1.165, 1.54) is 24.9 Å². The number of carbonyl (C=O) groups excluding carboxylic acids is 1. The van der Waals surface area contributed by atoms with Gasteiger partial charge in [-0.1, -0.05) is 23.9 Å². The Hall–Kier alpha value is -2.48. The molecule has 7 nitrogen and oxygen atoms in total. The predicted molar refractivity (Wildman–Crippen MR) is 82.6 cm³/mol. The summed E-state index contributed by atoms with van der Waals surface area (Å²) in [5.41, 5.74) is 18.5. The summed E-state index contributed by atoms with van der Waals surface area (Å²) >= 11 is 1.31. The van der Waals surface area contributed by atoms with Gasteiger partial charge >= 0.3 is 5.97 Å². The van der Waals surface area contributed by atoms with Crippen molar-refractivity contribution in [3.8, 4) is 0 Å². The topological polar surface area (TPSA) is 130 Å². The summed E-state index contributed by atoms with van der Waals surface area (Å²) in [7, 11) is 1.31. The number of aromatic nitrogens is 2. The number of anilines is 3. The molecule has 0 radical (unpaired) electrons. The van der Waals surface area contributed by atoms with Crippen molar-refractivity contribution < 1.29 is 9.53 Å². The number of ether oxygens (including phenoxy) is 1. The molecule has 0 fully saturated rings. The van der Waals surface area contributed by atoms with E-state index < -0.39 is 5.97 Å². The van der Waals surface area contributed by atoms with E-state index in [1.807, 2.05) is 0 Å². The molecule has 1 aromatic heterocycles. The number of methoxy groups -OCH3 is 1. The van der Waals surface area contributed by atoms with Crippen molar-refractivity contribution in [1.29, 1.82) is 0 Å². The van der Waals surface area contributed by atoms with Gasteiger partial charge in [0.25, 0.3) is 0 Å². The van der Waals surface area contributed by atoms with Crippen LogP contribution in [0.15, 0.2) is 29.4 Å². The molecule has 0 atom stereocenters. The minimum Gasteiger partial charge on any atom is -0.465 e. The van der Waals surface area contributed by atoms with Crippen LogP contribution in [0, 0.1) is 0 Å². The second-order valence-corrected chi connectivity index (χ2v) is 5.10. The van der Waals surface area contributed by atoms with Gasteiger partial charge in [-0.05, 0) is 11.6 Å². The molecule has 8 heteroatoms. The molecule has 1 aromatic carbocycles. The van der Waals surface area contributed by atoms with Crippen molar-refractivity contribution in [2.24, 2.45) is 0 Å². The number of rotatable bonds is 4. The standard InChI is InChI=1S/C13H15N5O2S/c1-20-12(19)11-7(3-2-4-8(11)14)6-21-13-17-9(15)5-10(16)18-13/h2-5H,6,14H2,1H3,(H4,15,16,17,18). The summed E-state index contributed by atoms with van der Waals surface area (Å²) in [4.78, 5) is 19.9. The molecule has 110 valence electrons. The van der Waals surface area contributed by atoms with Crippen molar-refractivity contribution in [1.82, 2.24) is 9.97 Å². The van der Waals surface area contributed by atoms with Crippen LogP contribution >= 0.6 is 11.8 Å². The number of esters is 1. The summed E-state index contributed by atoms with van der Waals surface area (Å²) in [5, 5.41) is 0.436. The van der Waals surface area contributed by atoms with Gasteiger partial charge in [-0.25, -0.2) is 14.8 Å². The highest BCUT2D eigenvalue weighted by molar-refractivity contribution is 7.98. The summed E-state index contributed by atoms with van der Waals surface area (Å²) in [6.07, 6.45) is 0. The molecule has 0 saturated heterocycles. The number of benzene rings is 1. The van der Waals surface area contributed by atoms with Gasteiger partial charge in [-0.3, -0.25) is 0 Å². The summed E-state index contributed by atoms with van der Waals surface area (Å²) < 4.78 is 4.75. The number of carbonyl (C=O) groups is 1. The highest BCUT2D eigenvalue weighted by Crippen LogP contribution is 2.26. The molecule has 0 aliphatic heterocycles. The summed E-state index contributed by atoms with van der Waals surface area (Å²) in [6.45, 7) is 0. The van der Waals surface area contributed by atoms with Crippen molar-refractivity contribution >= 4 is 35.1 Å². The Morgan fingerprint density at radius 2 is 1.90 bits per heavy atom. The molecule has 0 aliphatic carbocycles. The Morgan fingerprint density at radius 3 is 2.52 bits per heavy atom. The Bertz CT molecular complexity index is 657. The molecule has 2 rings (SSSR count). The largest absolute Gasteiger partial charge is 0.465 e. The third-order valence-electron chi connectivity index (χ3n) is 2.67. The molecular formula is C13H15N5O2S. The van der Waals surface area contributed by atoms with Gasteiger partial charge in [0.1, 0.15) is 11.6 Å².